The van der Waals surface area contributed by atoms with Gasteiger partial charge < -0.3 is 10.6 Å². The lowest BCUT2D eigenvalue weighted by Gasteiger charge is -2.18. The van der Waals surface area contributed by atoms with Crippen molar-refractivity contribution < 1.29 is 0 Å². The molecule has 1 aromatic heterocycles. The van der Waals surface area contributed by atoms with E-state index in [0.717, 1.165) is 18.1 Å². The minimum Gasteiger partial charge on any atom is -0.352 e. The second-order valence-electron chi connectivity index (χ2n) is 6.23. The summed E-state index contributed by atoms with van der Waals surface area (Å²) in [6, 6.07) is 20.9. The summed E-state index contributed by atoms with van der Waals surface area (Å²) >= 11 is 0. The lowest BCUT2D eigenvalue weighted by molar-refractivity contribution is 0.680. The molecular weight excluding hydrogens is 449 g/mol. The molecule has 0 radical (unpaired) electrons. The topological polar surface area (TPSA) is 54.2 Å². The molecule has 27 heavy (non-hydrogen) atoms. The van der Waals surface area contributed by atoms with E-state index >= 15 is 0 Å². The van der Waals surface area contributed by atoms with E-state index < -0.39 is 0 Å². The Morgan fingerprint density at radius 2 is 1.70 bits per heavy atom. The Labute approximate surface area is 177 Å². The molecule has 0 amide bonds. The molecule has 0 aliphatic carbocycles. The van der Waals surface area contributed by atoms with Gasteiger partial charge in [0.15, 0.2) is 5.96 Å². The van der Waals surface area contributed by atoms with Gasteiger partial charge in [0.05, 0.1) is 18.8 Å². The maximum absolute atomic E-state index is 4.44. The van der Waals surface area contributed by atoms with E-state index in [9.17, 15) is 0 Å². The number of halogens is 1. The Morgan fingerprint density at radius 1 is 1.04 bits per heavy atom. The van der Waals surface area contributed by atoms with Crippen LogP contribution < -0.4 is 10.6 Å². The highest BCUT2D eigenvalue weighted by atomic mass is 127. The highest BCUT2D eigenvalue weighted by molar-refractivity contribution is 14.0. The van der Waals surface area contributed by atoms with Crippen LogP contribution in [0.2, 0.25) is 0 Å². The van der Waals surface area contributed by atoms with Gasteiger partial charge in [-0.3, -0.25) is 9.67 Å². The largest absolute Gasteiger partial charge is 0.352 e. The Bertz CT molecular complexity index is 830. The van der Waals surface area contributed by atoms with E-state index in [1.165, 1.54) is 11.1 Å². The van der Waals surface area contributed by atoms with Crippen molar-refractivity contribution in [2.45, 2.75) is 26.1 Å². The second-order valence-corrected chi connectivity index (χ2v) is 6.23. The van der Waals surface area contributed by atoms with Crippen LogP contribution in [0, 0.1) is 0 Å². The number of benzene rings is 2. The molecule has 0 saturated carbocycles. The van der Waals surface area contributed by atoms with Crippen LogP contribution in [0.15, 0.2) is 78.0 Å². The zero-order chi connectivity index (χ0) is 18.2. The molecule has 0 saturated heterocycles. The van der Waals surface area contributed by atoms with E-state index in [-0.39, 0.29) is 30.0 Å². The van der Waals surface area contributed by atoms with E-state index in [2.05, 4.69) is 58.1 Å². The van der Waals surface area contributed by atoms with Gasteiger partial charge in [0, 0.05) is 25.4 Å². The van der Waals surface area contributed by atoms with Crippen molar-refractivity contribution >= 4 is 29.9 Å². The minimum absolute atomic E-state index is 0. The van der Waals surface area contributed by atoms with E-state index in [1.807, 2.05) is 47.3 Å². The van der Waals surface area contributed by atoms with Crippen molar-refractivity contribution in [3.8, 4) is 0 Å². The van der Waals surface area contributed by atoms with Gasteiger partial charge in [-0.15, -0.1) is 24.0 Å². The molecule has 0 aliphatic rings. The summed E-state index contributed by atoms with van der Waals surface area (Å²) < 4.78 is 1.95. The third-order valence-electron chi connectivity index (χ3n) is 4.21. The molecule has 2 N–H and O–H groups in total. The normalized spacial score (nSPS) is 12.1. The molecule has 1 heterocycles. The second kappa shape index (κ2) is 10.7. The van der Waals surface area contributed by atoms with Crippen LogP contribution in [0.25, 0.3) is 0 Å². The summed E-state index contributed by atoms with van der Waals surface area (Å²) in [6.07, 6.45) is 3.96. The monoisotopic (exact) mass is 475 g/mol. The zero-order valence-corrected chi connectivity index (χ0v) is 18.0. The van der Waals surface area contributed by atoms with Crippen molar-refractivity contribution in [3.05, 3.63) is 89.7 Å². The first-order valence-electron chi connectivity index (χ1n) is 8.82. The summed E-state index contributed by atoms with van der Waals surface area (Å²) in [7, 11) is 1.78. The number of nitrogens with zero attached hydrogens (tertiary/aromatic N) is 3. The average Bonchev–Trinajstić information content (AvgIpc) is 3.13. The van der Waals surface area contributed by atoms with Gasteiger partial charge in [-0.1, -0.05) is 60.7 Å². The number of guanidine groups is 1. The number of nitrogens with one attached hydrogen (secondary N) is 2. The Kier molecular flexibility index (Phi) is 8.32. The molecule has 5 nitrogen and oxygen atoms in total. The smallest absolute Gasteiger partial charge is 0.191 e. The Morgan fingerprint density at radius 3 is 2.37 bits per heavy atom. The van der Waals surface area contributed by atoms with Crippen molar-refractivity contribution in [3.63, 3.8) is 0 Å². The summed E-state index contributed by atoms with van der Waals surface area (Å²) in [5.41, 5.74) is 3.59. The summed E-state index contributed by atoms with van der Waals surface area (Å²) in [5, 5.41) is 11.2. The van der Waals surface area contributed by atoms with Crippen LogP contribution in [-0.2, 0) is 13.1 Å². The number of hydrogen-bond donors (Lipinski definition) is 2. The van der Waals surface area contributed by atoms with Crippen LogP contribution in [0.5, 0.6) is 0 Å². The lowest BCUT2D eigenvalue weighted by Crippen LogP contribution is -2.38. The molecular formula is C21H26IN5. The van der Waals surface area contributed by atoms with Crippen LogP contribution in [0.4, 0.5) is 0 Å². The number of aliphatic imine (C=N–C) groups is 1. The van der Waals surface area contributed by atoms with E-state index in [1.54, 1.807) is 7.05 Å². The van der Waals surface area contributed by atoms with Crippen molar-refractivity contribution in [1.29, 1.82) is 0 Å². The lowest BCUT2D eigenvalue weighted by atomic mass is 10.1. The molecule has 142 valence electrons. The molecule has 6 heteroatoms. The standard InChI is InChI=1S/C21H25N5.HI/c1-17(20-11-7-4-8-12-20)25-21(22-2)23-13-19-14-24-26(16-19)15-18-9-5-3-6-10-18;/h3-12,14,16-17H,13,15H2,1-2H3,(H2,22,23,25);1H. The molecule has 3 rings (SSSR count). The predicted molar refractivity (Wildman–Crippen MR) is 121 cm³/mol. The first-order valence-corrected chi connectivity index (χ1v) is 8.82. The number of aromatic nitrogens is 2. The van der Waals surface area contributed by atoms with Crippen molar-refractivity contribution in [2.75, 3.05) is 7.05 Å². The van der Waals surface area contributed by atoms with Gasteiger partial charge in [-0.05, 0) is 18.1 Å². The van der Waals surface area contributed by atoms with E-state index in [0.29, 0.717) is 6.54 Å². The maximum Gasteiger partial charge on any atom is 0.191 e. The number of hydrogen-bond acceptors (Lipinski definition) is 2. The quantitative estimate of drug-likeness (QED) is 0.322. The fourth-order valence-corrected chi connectivity index (χ4v) is 2.77. The first kappa shape index (κ1) is 21.0. The molecule has 1 atom stereocenters. The van der Waals surface area contributed by atoms with Gasteiger partial charge in [0.25, 0.3) is 0 Å². The van der Waals surface area contributed by atoms with Gasteiger partial charge in [0.1, 0.15) is 0 Å². The summed E-state index contributed by atoms with van der Waals surface area (Å²) in [4.78, 5) is 4.31. The first-order chi connectivity index (χ1) is 12.7. The highest BCUT2D eigenvalue weighted by Gasteiger charge is 2.07. The molecule has 3 aromatic rings. The van der Waals surface area contributed by atoms with Gasteiger partial charge in [-0.2, -0.15) is 5.10 Å². The Hall–Kier alpha value is -2.35. The van der Waals surface area contributed by atoms with Gasteiger partial charge in [0.2, 0.25) is 0 Å². The van der Waals surface area contributed by atoms with Crippen LogP contribution >= 0.6 is 24.0 Å². The van der Waals surface area contributed by atoms with Crippen LogP contribution in [-0.4, -0.2) is 22.8 Å². The molecule has 0 aliphatic heterocycles. The SMILES string of the molecule is CN=C(NCc1cnn(Cc2ccccc2)c1)NC(C)c1ccccc1.I. The van der Waals surface area contributed by atoms with Crippen molar-refractivity contribution in [1.82, 2.24) is 20.4 Å². The maximum atomic E-state index is 4.44. The van der Waals surface area contributed by atoms with Gasteiger partial charge in [-0.25, -0.2) is 0 Å². The number of rotatable bonds is 6. The zero-order valence-electron chi connectivity index (χ0n) is 15.7. The molecule has 0 spiro atoms. The predicted octanol–water partition coefficient (Wildman–Crippen LogP) is 3.98. The molecule has 0 bridgehead atoms. The van der Waals surface area contributed by atoms with Crippen LogP contribution in [0.1, 0.15) is 29.7 Å². The van der Waals surface area contributed by atoms with Gasteiger partial charge >= 0.3 is 0 Å². The molecule has 0 fully saturated rings. The summed E-state index contributed by atoms with van der Waals surface area (Å²) in [5.74, 6) is 0.775. The molecule has 2 aromatic carbocycles. The molecule has 1 unspecified atom stereocenters. The fraction of sp³-hybridized carbons (Fsp3) is 0.238. The summed E-state index contributed by atoms with van der Waals surface area (Å²) in [6.45, 7) is 3.58. The minimum atomic E-state index is 0. The highest BCUT2D eigenvalue weighted by Crippen LogP contribution is 2.10. The van der Waals surface area contributed by atoms with Crippen molar-refractivity contribution in [2.24, 2.45) is 4.99 Å². The fourth-order valence-electron chi connectivity index (χ4n) is 2.77. The Balaban J connectivity index is 0.00000261. The average molecular weight is 475 g/mol. The third-order valence-corrected chi connectivity index (χ3v) is 4.21. The van der Waals surface area contributed by atoms with Crippen LogP contribution in [0.3, 0.4) is 0 Å². The van der Waals surface area contributed by atoms with E-state index in [4.69, 9.17) is 0 Å². The third kappa shape index (κ3) is 6.39.